The van der Waals surface area contributed by atoms with Gasteiger partial charge in [-0.2, -0.15) is 4.31 Å². The van der Waals surface area contributed by atoms with Crippen LogP contribution in [0.15, 0.2) is 121 Å². The van der Waals surface area contributed by atoms with Gasteiger partial charge in [-0.1, -0.05) is 72.8 Å². The fraction of sp³-hybridized carbons (Fsp3) is 0.171. The SMILES string of the molecule is O=S(=O)(c1cccc2cccnc12)N(Cc1cccc(-c2ccc3ncnc(NCCc4ccccc4)c3c2)c1)C1CC1. The molecule has 0 bridgehead atoms. The molecule has 0 aliphatic heterocycles. The van der Waals surface area contributed by atoms with Crippen LogP contribution in [-0.4, -0.2) is 40.3 Å². The summed E-state index contributed by atoms with van der Waals surface area (Å²) in [7, 11) is -3.76. The first-order valence-electron chi connectivity index (χ1n) is 14.5. The summed E-state index contributed by atoms with van der Waals surface area (Å²) in [6.07, 6.45) is 5.85. The molecule has 6 aromatic rings. The molecule has 7 nitrogen and oxygen atoms in total. The number of nitrogens with zero attached hydrogens (tertiary/aromatic N) is 4. The highest BCUT2D eigenvalue weighted by molar-refractivity contribution is 7.89. The van der Waals surface area contributed by atoms with Gasteiger partial charge in [-0.3, -0.25) is 4.98 Å². The Hall–Kier alpha value is -4.66. The van der Waals surface area contributed by atoms with Crippen LogP contribution in [0, 0.1) is 0 Å². The van der Waals surface area contributed by atoms with Crippen LogP contribution in [-0.2, 0) is 23.0 Å². The minimum atomic E-state index is -3.76. The maximum atomic E-state index is 14.0. The smallest absolute Gasteiger partial charge is 0.245 e. The van der Waals surface area contributed by atoms with Gasteiger partial charge in [-0.25, -0.2) is 18.4 Å². The van der Waals surface area contributed by atoms with Gasteiger partial charge < -0.3 is 5.32 Å². The lowest BCUT2D eigenvalue weighted by atomic mass is 10.0. The van der Waals surface area contributed by atoms with Crippen LogP contribution in [0.4, 0.5) is 5.82 Å². The van der Waals surface area contributed by atoms with E-state index in [4.69, 9.17) is 0 Å². The van der Waals surface area contributed by atoms with Crippen molar-refractivity contribution >= 4 is 37.6 Å². The van der Waals surface area contributed by atoms with Gasteiger partial charge >= 0.3 is 0 Å². The number of rotatable bonds is 10. The second kappa shape index (κ2) is 11.6. The summed E-state index contributed by atoms with van der Waals surface area (Å²) in [6, 6.07) is 33.7. The Labute approximate surface area is 251 Å². The summed E-state index contributed by atoms with van der Waals surface area (Å²) in [5, 5.41) is 5.25. The van der Waals surface area contributed by atoms with Gasteiger partial charge in [0, 0.05) is 36.1 Å². The van der Waals surface area contributed by atoms with Crippen molar-refractivity contribution in [1.29, 1.82) is 0 Å². The van der Waals surface area contributed by atoms with E-state index in [0.29, 0.717) is 12.1 Å². The Bertz CT molecular complexity index is 2020. The van der Waals surface area contributed by atoms with Crippen molar-refractivity contribution in [2.45, 2.75) is 36.7 Å². The summed E-state index contributed by atoms with van der Waals surface area (Å²) in [4.78, 5) is 13.7. The van der Waals surface area contributed by atoms with Crippen LogP contribution < -0.4 is 5.32 Å². The third-order valence-electron chi connectivity index (χ3n) is 7.92. The third-order valence-corrected chi connectivity index (χ3v) is 9.85. The lowest BCUT2D eigenvalue weighted by Gasteiger charge is -2.23. The van der Waals surface area contributed by atoms with Crippen molar-refractivity contribution in [2.24, 2.45) is 0 Å². The molecule has 43 heavy (non-hydrogen) atoms. The standard InChI is InChI=1S/C35H31N5O2S/c41-43(42,33-13-5-10-27-12-6-19-36-34(27)33)40(30-15-16-30)23-26-9-4-11-28(21-26)29-14-17-32-31(22-29)35(39-24-38-32)37-20-18-25-7-2-1-3-8-25/h1-14,17,19,21-22,24,30H,15-16,18,20,23H2,(H,37,38,39). The van der Waals surface area contributed by atoms with E-state index in [0.717, 1.165) is 64.6 Å². The van der Waals surface area contributed by atoms with Crippen molar-refractivity contribution < 1.29 is 8.42 Å². The van der Waals surface area contributed by atoms with E-state index >= 15 is 0 Å². The summed E-state index contributed by atoms with van der Waals surface area (Å²) < 4.78 is 29.7. The average molecular weight is 586 g/mol. The lowest BCUT2D eigenvalue weighted by Crippen LogP contribution is -2.33. The van der Waals surface area contributed by atoms with Crippen LogP contribution in [0.5, 0.6) is 0 Å². The fourth-order valence-electron chi connectivity index (χ4n) is 5.56. The molecule has 7 rings (SSSR count). The largest absolute Gasteiger partial charge is 0.369 e. The van der Waals surface area contributed by atoms with E-state index < -0.39 is 10.0 Å². The first-order chi connectivity index (χ1) is 21.1. The van der Waals surface area contributed by atoms with Crippen molar-refractivity contribution in [1.82, 2.24) is 19.3 Å². The molecule has 1 aliphatic rings. The zero-order chi connectivity index (χ0) is 29.2. The van der Waals surface area contributed by atoms with Gasteiger partial charge in [0.05, 0.1) is 11.0 Å². The van der Waals surface area contributed by atoms with E-state index in [1.54, 1.807) is 29.0 Å². The Morgan fingerprint density at radius 2 is 1.56 bits per heavy atom. The molecule has 0 radical (unpaired) electrons. The predicted molar refractivity (Wildman–Crippen MR) is 171 cm³/mol. The van der Waals surface area contributed by atoms with E-state index in [1.807, 2.05) is 42.5 Å². The van der Waals surface area contributed by atoms with Crippen LogP contribution in [0.3, 0.4) is 0 Å². The number of pyridine rings is 1. The molecule has 214 valence electrons. The summed E-state index contributed by atoms with van der Waals surface area (Å²) in [5.74, 6) is 0.800. The number of hydrogen-bond acceptors (Lipinski definition) is 6. The molecule has 2 aromatic heterocycles. The Kier molecular flexibility index (Phi) is 7.30. The highest BCUT2D eigenvalue weighted by Gasteiger charge is 2.39. The zero-order valence-electron chi connectivity index (χ0n) is 23.6. The van der Waals surface area contributed by atoms with Gasteiger partial charge in [0.15, 0.2) is 0 Å². The summed E-state index contributed by atoms with van der Waals surface area (Å²) in [6.45, 7) is 1.06. The third kappa shape index (κ3) is 5.71. The Balaban J connectivity index is 1.16. The Morgan fingerprint density at radius 1 is 0.767 bits per heavy atom. The second-order valence-corrected chi connectivity index (χ2v) is 12.8. The average Bonchev–Trinajstić information content (AvgIpc) is 3.89. The topological polar surface area (TPSA) is 88.1 Å². The molecule has 1 fully saturated rings. The Morgan fingerprint density at radius 3 is 2.42 bits per heavy atom. The van der Waals surface area contributed by atoms with E-state index in [9.17, 15) is 8.42 Å². The zero-order valence-corrected chi connectivity index (χ0v) is 24.4. The second-order valence-electron chi connectivity index (χ2n) is 10.9. The van der Waals surface area contributed by atoms with Crippen LogP contribution in [0.25, 0.3) is 32.9 Å². The first kappa shape index (κ1) is 27.2. The fourth-order valence-corrected chi connectivity index (χ4v) is 7.40. The number of nitrogens with one attached hydrogen (secondary N) is 1. The van der Waals surface area contributed by atoms with Crippen molar-refractivity contribution in [3.8, 4) is 11.1 Å². The van der Waals surface area contributed by atoms with E-state index in [-0.39, 0.29) is 10.9 Å². The minimum Gasteiger partial charge on any atom is -0.369 e. The number of benzene rings is 4. The van der Waals surface area contributed by atoms with Crippen LogP contribution >= 0.6 is 0 Å². The quantitative estimate of drug-likeness (QED) is 0.189. The number of hydrogen-bond donors (Lipinski definition) is 1. The molecular formula is C35H31N5O2S. The molecule has 4 aromatic carbocycles. The van der Waals surface area contributed by atoms with E-state index in [2.05, 4.69) is 68.8 Å². The highest BCUT2D eigenvalue weighted by Crippen LogP contribution is 2.36. The lowest BCUT2D eigenvalue weighted by molar-refractivity contribution is 0.399. The van der Waals surface area contributed by atoms with Crippen molar-refractivity contribution in [3.63, 3.8) is 0 Å². The molecule has 8 heteroatoms. The molecule has 1 aliphatic carbocycles. The normalized spacial score (nSPS) is 13.5. The molecule has 1 N–H and O–H groups in total. The maximum absolute atomic E-state index is 14.0. The van der Waals surface area contributed by atoms with Gasteiger partial charge in [-0.05, 0) is 71.8 Å². The maximum Gasteiger partial charge on any atom is 0.245 e. The number of fused-ring (bicyclic) bond motifs is 2. The molecule has 0 unspecified atom stereocenters. The van der Waals surface area contributed by atoms with Gasteiger partial charge in [0.25, 0.3) is 0 Å². The monoisotopic (exact) mass is 585 g/mol. The molecule has 0 saturated heterocycles. The molecule has 2 heterocycles. The molecule has 0 amide bonds. The van der Waals surface area contributed by atoms with Crippen molar-refractivity contribution in [2.75, 3.05) is 11.9 Å². The number of para-hydroxylation sites is 1. The number of sulfonamides is 1. The van der Waals surface area contributed by atoms with Crippen LogP contribution in [0.1, 0.15) is 24.0 Å². The van der Waals surface area contributed by atoms with Gasteiger partial charge in [0.2, 0.25) is 10.0 Å². The summed E-state index contributed by atoms with van der Waals surface area (Å²) >= 11 is 0. The molecule has 0 spiro atoms. The van der Waals surface area contributed by atoms with E-state index in [1.165, 1.54) is 5.56 Å². The van der Waals surface area contributed by atoms with Gasteiger partial charge in [0.1, 0.15) is 17.0 Å². The molecular weight excluding hydrogens is 554 g/mol. The van der Waals surface area contributed by atoms with Crippen molar-refractivity contribution in [3.05, 3.63) is 127 Å². The molecule has 1 saturated carbocycles. The highest BCUT2D eigenvalue weighted by atomic mass is 32.2. The predicted octanol–water partition coefficient (Wildman–Crippen LogP) is 6.85. The molecule has 0 atom stereocenters. The van der Waals surface area contributed by atoms with Crippen LogP contribution in [0.2, 0.25) is 0 Å². The number of anilines is 1. The first-order valence-corrected chi connectivity index (χ1v) is 16.0. The van der Waals surface area contributed by atoms with Gasteiger partial charge in [-0.15, -0.1) is 0 Å². The minimum absolute atomic E-state index is 0.00467. The number of aromatic nitrogens is 3. The summed E-state index contributed by atoms with van der Waals surface area (Å²) in [5.41, 5.74) is 5.62.